The molecule has 0 aliphatic heterocycles. The van der Waals surface area contributed by atoms with Crippen molar-refractivity contribution in [3.8, 4) is 11.4 Å². The molecule has 168 valence electrons. The summed E-state index contributed by atoms with van der Waals surface area (Å²) in [7, 11) is 0. The number of benzene rings is 2. The lowest BCUT2D eigenvalue weighted by Crippen LogP contribution is -2.24. The second kappa shape index (κ2) is 8.74. The normalized spacial score (nSPS) is 14.9. The SMILES string of the molecule is CC(Sc1nnc(-c2ccccc2F)n1C1CC1)C(=O)Nc1ccc(Cl)cc1C(F)(F)F. The van der Waals surface area contributed by atoms with E-state index in [1.807, 2.05) is 0 Å². The van der Waals surface area contributed by atoms with Crippen LogP contribution >= 0.6 is 23.4 Å². The molecule has 3 aromatic rings. The molecule has 1 amide bonds. The molecule has 0 radical (unpaired) electrons. The first kappa shape index (κ1) is 22.6. The van der Waals surface area contributed by atoms with E-state index < -0.39 is 28.7 Å². The summed E-state index contributed by atoms with van der Waals surface area (Å²) in [6.07, 6.45) is -2.94. The van der Waals surface area contributed by atoms with Gasteiger partial charge in [-0.2, -0.15) is 13.2 Å². The van der Waals surface area contributed by atoms with Crippen molar-refractivity contribution < 1.29 is 22.4 Å². The van der Waals surface area contributed by atoms with E-state index in [4.69, 9.17) is 11.6 Å². The van der Waals surface area contributed by atoms with Gasteiger partial charge in [-0.25, -0.2) is 4.39 Å². The van der Waals surface area contributed by atoms with Gasteiger partial charge in [0, 0.05) is 11.1 Å². The second-order valence-corrected chi connectivity index (χ2v) is 9.07. The summed E-state index contributed by atoms with van der Waals surface area (Å²) in [5, 5.41) is 10.1. The summed E-state index contributed by atoms with van der Waals surface area (Å²) < 4.78 is 56.0. The van der Waals surface area contributed by atoms with Crippen LogP contribution in [0.4, 0.5) is 23.2 Å². The van der Waals surface area contributed by atoms with Gasteiger partial charge in [-0.15, -0.1) is 10.2 Å². The summed E-state index contributed by atoms with van der Waals surface area (Å²) in [6.45, 7) is 1.55. The minimum absolute atomic E-state index is 0.0871. The van der Waals surface area contributed by atoms with Crippen LogP contribution in [0, 0.1) is 5.82 Å². The number of carbonyl (C=O) groups is 1. The Balaban J connectivity index is 1.56. The number of rotatable bonds is 6. The van der Waals surface area contributed by atoms with Crippen molar-refractivity contribution in [2.24, 2.45) is 0 Å². The molecule has 32 heavy (non-hydrogen) atoms. The Labute approximate surface area is 190 Å². The summed E-state index contributed by atoms with van der Waals surface area (Å²) in [6, 6.07) is 9.43. The molecular formula is C21H17ClF4N4OS. The molecule has 1 aliphatic carbocycles. The predicted octanol–water partition coefficient (Wildman–Crippen LogP) is 6.21. The number of nitrogens with zero attached hydrogens (tertiary/aromatic N) is 3. The van der Waals surface area contributed by atoms with E-state index in [1.165, 1.54) is 12.1 Å². The number of aromatic nitrogens is 3. The minimum Gasteiger partial charge on any atom is -0.325 e. The van der Waals surface area contributed by atoms with Gasteiger partial charge in [-0.05, 0) is 50.1 Å². The fourth-order valence-electron chi connectivity index (χ4n) is 3.15. The molecule has 4 rings (SSSR count). The summed E-state index contributed by atoms with van der Waals surface area (Å²) in [5.74, 6) is -0.718. The number of hydrogen-bond acceptors (Lipinski definition) is 4. The lowest BCUT2D eigenvalue weighted by Gasteiger charge is -2.17. The number of nitrogens with one attached hydrogen (secondary N) is 1. The highest BCUT2D eigenvalue weighted by Crippen LogP contribution is 2.42. The van der Waals surface area contributed by atoms with Crippen molar-refractivity contribution in [2.45, 2.75) is 42.4 Å². The fourth-order valence-corrected chi connectivity index (χ4v) is 4.24. The van der Waals surface area contributed by atoms with Gasteiger partial charge < -0.3 is 5.32 Å². The number of alkyl halides is 3. The van der Waals surface area contributed by atoms with Gasteiger partial charge in [0.05, 0.1) is 22.1 Å². The monoisotopic (exact) mass is 484 g/mol. The van der Waals surface area contributed by atoms with E-state index in [2.05, 4.69) is 15.5 Å². The molecule has 11 heteroatoms. The Morgan fingerprint density at radius 3 is 2.59 bits per heavy atom. The molecule has 1 atom stereocenters. The Kier molecular flexibility index (Phi) is 6.17. The maximum absolute atomic E-state index is 14.3. The molecule has 5 nitrogen and oxygen atoms in total. The van der Waals surface area contributed by atoms with Crippen molar-refractivity contribution in [2.75, 3.05) is 5.32 Å². The van der Waals surface area contributed by atoms with Gasteiger partial charge in [0.25, 0.3) is 0 Å². The first-order chi connectivity index (χ1) is 15.1. The number of amides is 1. The molecule has 2 aromatic carbocycles. The van der Waals surface area contributed by atoms with Crippen molar-refractivity contribution in [3.05, 3.63) is 58.9 Å². The van der Waals surface area contributed by atoms with E-state index in [0.717, 1.165) is 36.7 Å². The Morgan fingerprint density at radius 2 is 1.94 bits per heavy atom. The zero-order valence-electron chi connectivity index (χ0n) is 16.7. The van der Waals surface area contributed by atoms with E-state index in [1.54, 1.807) is 29.7 Å². The van der Waals surface area contributed by atoms with Crippen LogP contribution in [0.25, 0.3) is 11.4 Å². The minimum atomic E-state index is -4.68. The zero-order valence-corrected chi connectivity index (χ0v) is 18.2. The molecule has 1 heterocycles. The van der Waals surface area contributed by atoms with Gasteiger partial charge in [0.1, 0.15) is 5.82 Å². The van der Waals surface area contributed by atoms with Crippen molar-refractivity contribution >= 4 is 35.0 Å². The van der Waals surface area contributed by atoms with E-state index in [-0.39, 0.29) is 16.8 Å². The number of thioether (sulfide) groups is 1. The average Bonchev–Trinajstić information content (AvgIpc) is 3.49. The van der Waals surface area contributed by atoms with Crippen LogP contribution in [0.3, 0.4) is 0 Å². The summed E-state index contributed by atoms with van der Waals surface area (Å²) >= 11 is 6.74. The smallest absolute Gasteiger partial charge is 0.325 e. The topological polar surface area (TPSA) is 59.8 Å². The Hall–Kier alpha value is -2.59. The molecular weight excluding hydrogens is 468 g/mol. The Bertz CT molecular complexity index is 1160. The first-order valence-corrected chi connectivity index (χ1v) is 10.9. The van der Waals surface area contributed by atoms with Crippen LogP contribution in [0.1, 0.15) is 31.4 Å². The van der Waals surface area contributed by atoms with Gasteiger partial charge in [0.15, 0.2) is 11.0 Å². The van der Waals surface area contributed by atoms with Gasteiger partial charge in [-0.3, -0.25) is 9.36 Å². The van der Waals surface area contributed by atoms with E-state index in [9.17, 15) is 22.4 Å². The van der Waals surface area contributed by atoms with Crippen LogP contribution in [-0.2, 0) is 11.0 Å². The standard InChI is InChI=1S/C21H17ClF4N4OS/c1-11(19(31)27-17-9-6-12(22)10-15(17)21(24,25)26)32-20-29-28-18(30(20)13-7-8-13)14-4-2-3-5-16(14)23/h2-6,9-11,13H,7-8H2,1H3,(H,27,31). The number of anilines is 1. The van der Waals surface area contributed by atoms with Crippen LogP contribution < -0.4 is 5.32 Å². The number of carbonyl (C=O) groups excluding carboxylic acids is 1. The van der Waals surface area contributed by atoms with Crippen LogP contribution in [0.5, 0.6) is 0 Å². The highest BCUT2D eigenvalue weighted by atomic mass is 35.5. The summed E-state index contributed by atoms with van der Waals surface area (Å²) in [4.78, 5) is 12.7. The lowest BCUT2D eigenvalue weighted by atomic mass is 10.1. The lowest BCUT2D eigenvalue weighted by molar-refractivity contribution is -0.137. The first-order valence-electron chi connectivity index (χ1n) is 9.69. The van der Waals surface area contributed by atoms with Crippen molar-refractivity contribution in [1.29, 1.82) is 0 Å². The molecule has 0 saturated heterocycles. The second-order valence-electron chi connectivity index (χ2n) is 7.32. The van der Waals surface area contributed by atoms with E-state index >= 15 is 0 Å². The van der Waals surface area contributed by atoms with Gasteiger partial charge in [0.2, 0.25) is 5.91 Å². The largest absolute Gasteiger partial charge is 0.418 e. The third kappa shape index (κ3) is 4.75. The quantitative estimate of drug-likeness (QED) is 0.334. The van der Waals surface area contributed by atoms with Crippen molar-refractivity contribution in [3.63, 3.8) is 0 Å². The van der Waals surface area contributed by atoms with Crippen molar-refractivity contribution in [1.82, 2.24) is 14.8 Å². The molecule has 1 aliphatic rings. The maximum Gasteiger partial charge on any atom is 0.418 e. The van der Waals surface area contributed by atoms with Gasteiger partial charge in [-0.1, -0.05) is 35.5 Å². The predicted molar refractivity (Wildman–Crippen MR) is 114 cm³/mol. The molecule has 1 fully saturated rings. The molecule has 1 aromatic heterocycles. The Morgan fingerprint density at radius 1 is 1.22 bits per heavy atom. The highest BCUT2D eigenvalue weighted by Gasteiger charge is 2.35. The average molecular weight is 485 g/mol. The number of hydrogen-bond donors (Lipinski definition) is 1. The molecule has 1 saturated carbocycles. The van der Waals surface area contributed by atoms with Crippen LogP contribution in [0.2, 0.25) is 5.02 Å². The molecule has 0 bridgehead atoms. The molecule has 1 N–H and O–H groups in total. The zero-order chi connectivity index (χ0) is 23.0. The molecule has 0 spiro atoms. The maximum atomic E-state index is 14.3. The van der Waals surface area contributed by atoms with Crippen LogP contribution in [0.15, 0.2) is 47.6 Å². The molecule has 1 unspecified atom stereocenters. The van der Waals surface area contributed by atoms with E-state index in [0.29, 0.717) is 16.5 Å². The summed E-state index contributed by atoms with van der Waals surface area (Å²) in [5.41, 5.74) is -1.11. The third-order valence-corrected chi connectivity index (χ3v) is 6.18. The third-order valence-electron chi connectivity index (χ3n) is 4.89. The number of halogens is 5. The fraction of sp³-hybridized carbons (Fsp3) is 0.286. The van der Waals surface area contributed by atoms with Crippen LogP contribution in [-0.4, -0.2) is 25.9 Å². The van der Waals surface area contributed by atoms with Gasteiger partial charge >= 0.3 is 6.18 Å². The highest BCUT2D eigenvalue weighted by molar-refractivity contribution is 8.00.